The van der Waals surface area contributed by atoms with Gasteiger partial charge in [-0.05, 0) is 18.1 Å². The Morgan fingerprint density at radius 1 is 1.46 bits per heavy atom. The van der Waals surface area contributed by atoms with Gasteiger partial charge in [-0.15, -0.1) is 0 Å². The van der Waals surface area contributed by atoms with Crippen LogP contribution in [0.25, 0.3) is 0 Å². The van der Waals surface area contributed by atoms with Gasteiger partial charge in [0, 0.05) is 7.11 Å². The van der Waals surface area contributed by atoms with Gasteiger partial charge in [-0.2, -0.15) is 0 Å². The fraction of sp³-hybridized carbons (Fsp3) is 0.400. The molecule has 1 aromatic carbocycles. The van der Waals surface area contributed by atoms with Crippen LogP contribution in [-0.4, -0.2) is 7.11 Å². The van der Waals surface area contributed by atoms with Crippen molar-refractivity contribution in [1.29, 1.82) is 0 Å². The van der Waals surface area contributed by atoms with Crippen LogP contribution in [0.2, 0.25) is 0 Å². The first-order valence-electron chi connectivity index (χ1n) is 4.21. The summed E-state index contributed by atoms with van der Waals surface area (Å²) in [4.78, 5) is 4.73. The van der Waals surface area contributed by atoms with Gasteiger partial charge in [0.1, 0.15) is 6.10 Å². The minimum atomic E-state index is -0.0724. The lowest BCUT2D eigenvalue weighted by atomic mass is 10.1. The molecule has 0 aromatic heterocycles. The first-order valence-corrected chi connectivity index (χ1v) is 4.21. The van der Waals surface area contributed by atoms with Crippen molar-refractivity contribution in [2.24, 2.45) is 5.90 Å². The molecule has 1 aromatic rings. The van der Waals surface area contributed by atoms with Crippen molar-refractivity contribution in [1.82, 2.24) is 0 Å². The highest BCUT2D eigenvalue weighted by Gasteiger charge is 2.04. The Morgan fingerprint density at radius 2 is 2.23 bits per heavy atom. The van der Waals surface area contributed by atoms with E-state index in [1.54, 1.807) is 7.11 Å². The van der Waals surface area contributed by atoms with Crippen LogP contribution in [0.15, 0.2) is 24.3 Å². The Balaban J connectivity index is 2.78. The van der Waals surface area contributed by atoms with Gasteiger partial charge in [0.2, 0.25) is 0 Å². The normalized spacial score (nSPS) is 12.8. The van der Waals surface area contributed by atoms with Crippen molar-refractivity contribution in [3.63, 3.8) is 0 Å². The fourth-order valence-electron chi connectivity index (χ4n) is 1.18. The molecule has 0 saturated carbocycles. The molecule has 1 unspecified atom stereocenters. The molecule has 72 valence electrons. The number of benzene rings is 1. The molecule has 1 rings (SSSR count). The quantitative estimate of drug-likeness (QED) is 0.720. The van der Waals surface area contributed by atoms with E-state index in [0.717, 1.165) is 11.1 Å². The molecular formula is C10H15NO2. The molecular weight excluding hydrogens is 166 g/mol. The molecule has 0 heterocycles. The third-order valence-electron chi connectivity index (χ3n) is 1.94. The molecule has 1 atom stereocenters. The SMILES string of the molecule is COCc1cccc(C(C)ON)c1. The van der Waals surface area contributed by atoms with Gasteiger partial charge >= 0.3 is 0 Å². The van der Waals surface area contributed by atoms with Gasteiger partial charge in [-0.3, -0.25) is 4.84 Å². The maximum absolute atomic E-state index is 5.10. The monoisotopic (exact) mass is 181 g/mol. The second-order valence-electron chi connectivity index (χ2n) is 2.96. The number of hydrogen-bond acceptors (Lipinski definition) is 3. The zero-order chi connectivity index (χ0) is 9.68. The zero-order valence-corrected chi connectivity index (χ0v) is 7.99. The van der Waals surface area contributed by atoms with Crippen molar-refractivity contribution in [3.8, 4) is 0 Å². The number of nitrogens with two attached hydrogens (primary N) is 1. The Labute approximate surface area is 78.4 Å². The second-order valence-corrected chi connectivity index (χ2v) is 2.96. The Kier molecular flexibility index (Phi) is 3.89. The summed E-state index contributed by atoms with van der Waals surface area (Å²) in [5.41, 5.74) is 2.20. The molecule has 13 heavy (non-hydrogen) atoms. The minimum absolute atomic E-state index is 0.0724. The third-order valence-corrected chi connectivity index (χ3v) is 1.94. The standard InChI is InChI=1S/C10H15NO2/c1-8(13-11)10-5-3-4-9(6-10)7-12-2/h3-6,8H,7,11H2,1-2H3. The molecule has 0 aliphatic rings. The second kappa shape index (κ2) is 4.97. The number of rotatable bonds is 4. The van der Waals surface area contributed by atoms with E-state index in [1.165, 1.54) is 0 Å². The Hall–Kier alpha value is -0.900. The summed E-state index contributed by atoms with van der Waals surface area (Å²) < 4.78 is 5.02. The van der Waals surface area contributed by atoms with Crippen molar-refractivity contribution < 1.29 is 9.57 Å². The number of hydrogen-bond donors (Lipinski definition) is 1. The molecule has 0 saturated heterocycles. The maximum atomic E-state index is 5.10. The van der Waals surface area contributed by atoms with Crippen LogP contribution >= 0.6 is 0 Å². The molecule has 0 spiro atoms. The lowest BCUT2D eigenvalue weighted by molar-refractivity contribution is 0.0662. The number of methoxy groups -OCH3 is 1. The van der Waals surface area contributed by atoms with Crippen LogP contribution in [0.3, 0.4) is 0 Å². The van der Waals surface area contributed by atoms with E-state index < -0.39 is 0 Å². The van der Waals surface area contributed by atoms with E-state index in [-0.39, 0.29) is 6.10 Å². The smallest absolute Gasteiger partial charge is 0.101 e. The highest BCUT2D eigenvalue weighted by Crippen LogP contribution is 2.16. The minimum Gasteiger partial charge on any atom is -0.380 e. The molecule has 0 fully saturated rings. The van der Waals surface area contributed by atoms with Crippen LogP contribution in [0.4, 0.5) is 0 Å². The lowest BCUT2D eigenvalue weighted by Gasteiger charge is -2.09. The van der Waals surface area contributed by atoms with Gasteiger partial charge < -0.3 is 4.74 Å². The van der Waals surface area contributed by atoms with Crippen LogP contribution in [0.5, 0.6) is 0 Å². The molecule has 2 N–H and O–H groups in total. The van der Waals surface area contributed by atoms with Gasteiger partial charge in [-0.25, -0.2) is 5.90 Å². The fourth-order valence-corrected chi connectivity index (χ4v) is 1.18. The van der Waals surface area contributed by atoms with Gasteiger partial charge in [0.05, 0.1) is 6.61 Å². The summed E-state index contributed by atoms with van der Waals surface area (Å²) in [7, 11) is 1.68. The van der Waals surface area contributed by atoms with Crippen molar-refractivity contribution >= 4 is 0 Å². The molecule has 0 bridgehead atoms. The van der Waals surface area contributed by atoms with E-state index in [0.29, 0.717) is 6.61 Å². The molecule has 0 aliphatic carbocycles. The predicted octanol–water partition coefficient (Wildman–Crippen LogP) is 1.78. The Morgan fingerprint density at radius 3 is 2.85 bits per heavy atom. The summed E-state index contributed by atoms with van der Waals surface area (Å²) in [5, 5.41) is 0. The van der Waals surface area contributed by atoms with Gasteiger partial charge in [-0.1, -0.05) is 24.3 Å². The highest BCUT2D eigenvalue weighted by atomic mass is 16.6. The maximum Gasteiger partial charge on any atom is 0.101 e. The average Bonchev–Trinajstić information content (AvgIpc) is 2.18. The number of ether oxygens (including phenoxy) is 1. The largest absolute Gasteiger partial charge is 0.380 e. The van der Waals surface area contributed by atoms with Crippen LogP contribution in [0, 0.1) is 0 Å². The van der Waals surface area contributed by atoms with Gasteiger partial charge in [0.25, 0.3) is 0 Å². The molecule has 3 nitrogen and oxygen atoms in total. The van der Waals surface area contributed by atoms with E-state index in [1.807, 2.05) is 31.2 Å². The summed E-state index contributed by atoms with van der Waals surface area (Å²) in [6.07, 6.45) is -0.0724. The summed E-state index contributed by atoms with van der Waals surface area (Å²) in [6, 6.07) is 7.99. The molecule has 0 amide bonds. The summed E-state index contributed by atoms with van der Waals surface area (Å²) >= 11 is 0. The predicted molar refractivity (Wildman–Crippen MR) is 50.8 cm³/mol. The van der Waals surface area contributed by atoms with Crippen LogP contribution in [-0.2, 0) is 16.2 Å². The zero-order valence-electron chi connectivity index (χ0n) is 7.99. The molecule has 0 aliphatic heterocycles. The van der Waals surface area contributed by atoms with E-state index >= 15 is 0 Å². The third kappa shape index (κ3) is 2.81. The van der Waals surface area contributed by atoms with E-state index in [2.05, 4.69) is 0 Å². The molecule has 3 heteroatoms. The van der Waals surface area contributed by atoms with Crippen LogP contribution in [0.1, 0.15) is 24.2 Å². The van der Waals surface area contributed by atoms with Crippen molar-refractivity contribution in [2.45, 2.75) is 19.6 Å². The highest BCUT2D eigenvalue weighted by molar-refractivity contribution is 5.24. The first kappa shape index (κ1) is 10.2. The van der Waals surface area contributed by atoms with Crippen molar-refractivity contribution in [3.05, 3.63) is 35.4 Å². The topological polar surface area (TPSA) is 44.5 Å². The van der Waals surface area contributed by atoms with Gasteiger partial charge in [0.15, 0.2) is 0 Å². The summed E-state index contributed by atoms with van der Waals surface area (Å²) in [6.45, 7) is 2.52. The average molecular weight is 181 g/mol. The first-order chi connectivity index (χ1) is 6.27. The molecule has 0 radical (unpaired) electrons. The summed E-state index contributed by atoms with van der Waals surface area (Å²) in [5.74, 6) is 5.10. The van der Waals surface area contributed by atoms with Crippen molar-refractivity contribution in [2.75, 3.05) is 7.11 Å². The van der Waals surface area contributed by atoms with E-state index in [4.69, 9.17) is 15.5 Å². The van der Waals surface area contributed by atoms with E-state index in [9.17, 15) is 0 Å². The van der Waals surface area contributed by atoms with Crippen LogP contribution < -0.4 is 5.90 Å². The Bertz CT molecular complexity index is 263. The lowest BCUT2D eigenvalue weighted by Crippen LogP contribution is -2.05.